The Kier molecular flexibility index (Phi) is 4.22. The second kappa shape index (κ2) is 5.60. The summed E-state index contributed by atoms with van der Waals surface area (Å²) in [5.74, 6) is 0.0774. The molecule has 0 saturated carbocycles. The first kappa shape index (κ1) is 15.1. The Hall–Kier alpha value is -1.30. The summed E-state index contributed by atoms with van der Waals surface area (Å²) >= 11 is 0. The summed E-state index contributed by atoms with van der Waals surface area (Å²) in [6, 6.07) is 0.221. The third-order valence-electron chi connectivity index (χ3n) is 3.73. The average Bonchev–Trinajstić information content (AvgIpc) is 2.25. The molecule has 0 unspecified atom stereocenters. The van der Waals surface area contributed by atoms with Crippen molar-refractivity contribution in [3.05, 3.63) is 0 Å². The van der Waals surface area contributed by atoms with Crippen LogP contribution in [0.25, 0.3) is 0 Å². The number of nitrogens with two attached hydrogens (primary N) is 1. The maximum atomic E-state index is 12.2. The first-order chi connectivity index (χ1) is 9.26. The third kappa shape index (κ3) is 3.62. The zero-order chi connectivity index (χ0) is 14.9. The van der Waals surface area contributed by atoms with Crippen molar-refractivity contribution in [2.24, 2.45) is 11.7 Å². The molecule has 0 aromatic heterocycles. The van der Waals surface area contributed by atoms with Crippen LogP contribution in [-0.2, 0) is 9.53 Å². The minimum atomic E-state index is -0.491. The predicted octanol–water partition coefficient (Wildman–Crippen LogP) is 0.803. The number of carbonyl (C=O) groups is 2. The molecule has 114 valence electrons. The van der Waals surface area contributed by atoms with Crippen LogP contribution in [0.4, 0.5) is 4.79 Å². The molecule has 0 aromatic rings. The monoisotopic (exact) mass is 283 g/mol. The fourth-order valence-electron chi connectivity index (χ4n) is 2.49. The van der Waals surface area contributed by atoms with Crippen LogP contribution in [0.3, 0.4) is 0 Å². The average molecular weight is 283 g/mol. The van der Waals surface area contributed by atoms with Crippen molar-refractivity contribution in [3.63, 3.8) is 0 Å². The van der Waals surface area contributed by atoms with Crippen molar-refractivity contribution in [2.75, 3.05) is 26.2 Å². The molecule has 0 bridgehead atoms. The Morgan fingerprint density at radius 1 is 1.10 bits per heavy atom. The van der Waals surface area contributed by atoms with E-state index in [4.69, 9.17) is 10.5 Å². The summed E-state index contributed by atoms with van der Waals surface area (Å²) in [5.41, 5.74) is 5.34. The predicted molar refractivity (Wildman–Crippen MR) is 75.1 cm³/mol. The topological polar surface area (TPSA) is 75.9 Å². The largest absolute Gasteiger partial charge is 0.444 e. The molecule has 0 aliphatic carbocycles. The molecule has 2 fully saturated rings. The van der Waals surface area contributed by atoms with Crippen LogP contribution < -0.4 is 5.73 Å². The van der Waals surface area contributed by atoms with Crippen molar-refractivity contribution in [1.82, 2.24) is 9.80 Å². The van der Waals surface area contributed by atoms with E-state index in [0.717, 1.165) is 25.9 Å². The van der Waals surface area contributed by atoms with Gasteiger partial charge in [0.05, 0.1) is 5.92 Å². The number of ether oxygens (including phenoxy) is 1. The fraction of sp³-hybridized carbons (Fsp3) is 0.857. The standard InChI is InChI=1S/C14H25N3O3/c1-14(2,3)20-13(19)17-8-10(9-17)12(18)16-6-4-11(15)5-7-16/h10-11H,4-9,15H2,1-3H3. The molecule has 0 atom stereocenters. The number of hydrogen-bond donors (Lipinski definition) is 1. The summed E-state index contributed by atoms with van der Waals surface area (Å²) in [5, 5.41) is 0. The zero-order valence-electron chi connectivity index (χ0n) is 12.6. The normalized spacial score (nSPS) is 21.6. The van der Waals surface area contributed by atoms with Crippen LogP contribution in [0.15, 0.2) is 0 Å². The highest BCUT2D eigenvalue weighted by atomic mass is 16.6. The van der Waals surface area contributed by atoms with Gasteiger partial charge in [-0.15, -0.1) is 0 Å². The van der Waals surface area contributed by atoms with E-state index in [2.05, 4.69) is 0 Å². The molecule has 0 radical (unpaired) electrons. The molecular weight excluding hydrogens is 258 g/mol. The highest BCUT2D eigenvalue weighted by Gasteiger charge is 2.40. The van der Waals surface area contributed by atoms with Gasteiger partial charge < -0.3 is 20.3 Å². The molecule has 2 N–H and O–H groups in total. The quantitative estimate of drug-likeness (QED) is 0.772. The van der Waals surface area contributed by atoms with Gasteiger partial charge in [0.25, 0.3) is 0 Å². The van der Waals surface area contributed by atoms with Crippen LogP contribution in [0, 0.1) is 5.92 Å². The van der Waals surface area contributed by atoms with Crippen LogP contribution in [0.2, 0.25) is 0 Å². The SMILES string of the molecule is CC(C)(C)OC(=O)N1CC(C(=O)N2CCC(N)CC2)C1. The molecule has 6 nitrogen and oxygen atoms in total. The van der Waals surface area contributed by atoms with Gasteiger partial charge >= 0.3 is 6.09 Å². The molecular formula is C14H25N3O3. The first-order valence-corrected chi connectivity index (χ1v) is 7.28. The van der Waals surface area contributed by atoms with Gasteiger partial charge in [-0.1, -0.05) is 0 Å². The van der Waals surface area contributed by atoms with E-state index in [1.807, 2.05) is 25.7 Å². The van der Waals surface area contributed by atoms with E-state index in [9.17, 15) is 9.59 Å². The van der Waals surface area contributed by atoms with Gasteiger partial charge in [-0.05, 0) is 33.6 Å². The Morgan fingerprint density at radius 3 is 2.15 bits per heavy atom. The summed E-state index contributed by atoms with van der Waals surface area (Å²) in [7, 11) is 0. The maximum absolute atomic E-state index is 12.2. The Bertz CT molecular complexity index is 378. The van der Waals surface area contributed by atoms with Gasteiger partial charge in [0, 0.05) is 32.2 Å². The molecule has 20 heavy (non-hydrogen) atoms. The van der Waals surface area contributed by atoms with Gasteiger partial charge in [-0.2, -0.15) is 0 Å². The van der Waals surface area contributed by atoms with Crippen molar-refractivity contribution in [1.29, 1.82) is 0 Å². The molecule has 0 aromatic carbocycles. The number of hydrogen-bond acceptors (Lipinski definition) is 4. The molecule has 6 heteroatoms. The minimum Gasteiger partial charge on any atom is -0.444 e. The number of piperidine rings is 1. The summed E-state index contributed by atoms with van der Waals surface area (Å²) in [4.78, 5) is 27.5. The third-order valence-corrected chi connectivity index (χ3v) is 3.73. The molecule has 2 heterocycles. The highest BCUT2D eigenvalue weighted by Crippen LogP contribution is 2.22. The van der Waals surface area contributed by atoms with Gasteiger partial charge in [-0.3, -0.25) is 4.79 Å². The van der Waals surface area contributed by atoms with E-state index < -0.39 is 5.60 Å². The van der Waals surface area contributed by atoms with E-state index in [1.54, 1.807) is 4.90 Å². The Balaban J connectivity index is 1.75. The second-order valence-electron chi connectivity index (χ2n) is 6.74. The van der Waals surface area contributed by atoms with E-state index in [1.165, 1.54) is 0 Å². The number of nitrogens with zero attached hydrogens (tertiary/aromatic N) is 2. The number of carbonyl (C=O) groups excluding carboxylic acids is 2. The molecule has 2 amide bonds. The lowest BCUT2D eigenvalue weighted by molar-refractivity contribution is -0.141. The lowest BCUT2D eigenvalue weighted by atomic mass is 9.97. The lowest BCUT2D eigenvalue weighted by Gasteiger charge is -2.42. The lowest BCUT2D eigenvalue weighted by Crippen LogP contribution is -2.58. The molecule has 0 spiro atoms. The van der Waals surface area contributed by atoms with Gasteiger partial charge in [-0.25, -0.2) is 4.79 Å². The zero-order valence-corrected chi connectivity index (χ0v) is 12.6. The van der Waals surface area contributed by atoms with Gasteiger partial charge in [0.15, 0.2) is 0 Å². The summed E-state index contributed by atoms with van der Waals surface area (Å²) in [6.07, 6.45) is 1.41. The van der Waals surface area contributed by atoms with Crippen molar-refractivity contribution in [3.8, 4) is 0 Å². The molecule has 2 saturated heterocycles. The van der Waals surface area contributed by atoms with E-state index in [-0.39, 0.29) is 24.0 Å². The summed E-state index contributed by atoms with van der Waals surface area (Å²) in [6.45, 7) is 7.93. The number of amides is 2. The van der Waals surface area contributed by atoms with E-state index >= 15 is 0 Å². The molecule has 2 aliphatic rings. The highest BCUT2D eigenvalue weighted by molar-refractivity contribution is 5.82. The van der Waals surface area contributed by atoms with Crippen LogP contribution in [0.5, 0.6) is 0 Å². The number of likely N-dealkylation sites (tertiary alicyclic amines) is 2. The Morgan fingerprint density at radius 2 is 1.65 bits per heavy atom. The number of rotatable bonds is 1. The van der Waals surface area contributed by atoms with Crippen LogP contribution in [0.1, 0.15) is 33.6 Å². The summed E-state index contributed by atoms with van der Waals surface area (Å²) < 4.78 is 5.27. The van der Waals surface area contributed by atoms with E-state index in [0.29, 0.717) is 13.1 Å². The Labute approximate surface area is 120 Å². The van der Waals surface area contributed by atoms with Crippen molar-refractivity contribution < 1.29 is 14.3 Å². The van der Waals surface area contributed by atoms with Gasteiger partial charge in [0.2, 0.25) is 5.91 Å². The smallest absolute Gasteiger partial charge is 0.410 e. The molecule has 2 aliphatic heterocycles. The minimum absolute atomic E-state index is 0.0724. The van der Waals surface area contributed by atoms with Crippen molar-refractivity contribution in [2.45, 2.75) is 45.3 Å². The van der Waals surface area contributed by atoms with Gasteiger partial charge in [0.1, 0.15) is 5.60 Å². The fourth-order valence-corrected chi connectivity index (χ4v) is 2.49. The first-order valence-electron chi connectivity index (χ1n) is 7.28. The van der Waals surface area contributed by atoms with Crippen molar-refractivity contribution >= 4 is 12.0 Å². The van der Waals surface area contributed by atoms with Crippen LogP contribution >= 0.6 is 0 Å². The molecule has 2 rings (SSSR count). The van der Waals surface area contributed by atoms with Crippen LogP contribution in [-0.4, -0.2) is 59.6 Å². The second-order valence-corrected chi connectivity index (χ2v) is 6.74. The maximum Gasteiger partial charge on any atom is 0.410 e.